The Morgan fingerprint density at radius 1 is 1.27 bits per heavy atom. The number of pyridine rings is 1. The van der Waals surface area contributed by atoms with Crippen molar-refractivity contribution >= 4 is 15.9 Å². The molecule has 0 saturated carbocycles. The lowest BCUT2D eigenvalue weighted by Gasteiger charge is -2.21. The van der Waals surface area contributed by atoms with E-state index < -0.39 is 10.0 Å². The SMILES string of the molecule is Cc1noc(C)c1S(=O)(=O)N1CCCN(C(=O)c2ccc[n+]([O-])c2)CC1. The van der Waals surface area contributed by atoms with Gasteiger partial charge in [0.15, 0.2) is 18.2 Å². The first-order valence-corrected chi connectivity index (χ1v) is 9.66. The topological polar surface area (TPSA) is 111 Å². The Hall–Kier alpha value is -2.46. The fraction of sp³-hybridized carbons (Fsp3) is 0.438. The van der Waals surface area contributed by atoms with E-state index in [1.807, 2.05) is 0 Å². The van der Waals surface area contributed by atoms with Crippen LogP contribution in [0.4, 0.5) is 0 Å². The van der Waals surface area contributed by atoms with Gasteiger partial charge in [-0.3, -0.25) is 4.79 Å². The molecule has 0 radical (unpaired) electrons. The lowest BCUT2D eigenvalue weighted by molar-refractivity contribution is -0.605. The van der Waals surface area contributed by atoms with Crippen LogP contribution in [0.5, 0.6) is 0 Å². The quantitative estimate of drug-likeness (QED) is 0.565. The van der Waals surface area contributed by atoms with E-state index in [2.05, 4.69) is 5.16 Å². The van der Waals surface area contributed by atoms with Crippen molar-refractivity contribution in [3.05, 3.63) is 46.8 Å². The van der Waals surface area contributed by atoms with E-state index in [1.165, 1.54) is 22.8 Å². The number of hydrogen-bond acceptors (Lipinski definition) is 6. The van der Waals surface area contributed by atoms with Gasteiger partial charge >= 0.3 is 0 Å². The summed E-state index contributed by atoms with van der Waals surface area (Å²) in [5.41, 5.74) is 0.605. The molecule has 2 aromatic rings. The van der Waals surface area contributed by atoms with Crippen molar-refractivity contribution in [1.82, 2.24) is 14.4 Å². The van der Waals surface area contributed by atoms with Crippen LogP contribution in [0.15, 0.2) is 33.9 Å². The van der Waals surface area contributed by atoms with E-state index in [1.54, 1.807) is 24.8 Å². The predicted molar refractivity (Wildman–Crippen MR) is 90.7 cm³/mol. The fourth-order valence-corrected chi connectivity index (χ4v) is 4.83. The number of amides is 1. The smallest absolute Gasteiger partial charge is 0.260 e. The molecule has 0 aromatic carbocycles. The third-order valence-corrected chi connectivity index (χ3v) is 6.47. The van der Waals surface area contributed by atoms with Gasteiger partial charge in [0.1, 0.15) is 16.2 Å². The van der Waals surface area contributed by atoms with Gasteiger partial charge in [0.25, 0.3) is 5.91 Å². The largest absolute Gasteiger partial charge is 0.619 e. The molecule has 1 aliphatic heterocycles. The van der Waals surface area contributed by atoms with Gasteiger partial charge in [-0.05, 0) is 26.3 Å². The molecule has 1 fully saturated rings. The summed E-state index contributed by atoms with van der Waals surface area (Å²) in [6, 6.07) is 3.08. The number of rotatable bonds is 3. The number of nitrogens with zero attached hydrogens (tertiary/aromatic N) is 4. The second kappa shape index (κ2) is 7.04. The lowest BCUT2D eigenvalue weighted by Crippen LogP contribution is -2.38. The van der Waals surface area contributed by atoms with E-state index in [4.69, 9.17) is 4.52 Å². The Kier molecular flexibility index (Phi) is 4.97. The zero-order valence-electron chi connectivity index (χ0n) is 14.6. The highest BCUT2D eigenvalue weighted by Crippen LogP contribution is 2.24. The number of aryl methyl sites for hydroxylation is 2. The molecule has 1 aliphatic rings. The third kappa shape index (κ3) is 3.42. The molecule has 9 nitrogen and oxygen atoms in total. The fourth-order valence-electron chi connectivity index (χ4n) is 3.07. The molecule has 3 rings (SSSR count). The van der Waals surface area contributed by atoms with Gasteiger partial charge in [-0.25, -0.2) is 8.42 Å². The summed E-state index contributed by atoms with van der Waals surface area (Å²) < 4.78 is 32.7. The van der Waals surface area contributed by atoms with Crippen molar-refractivity contribution in [3.63, 3.8) is 0 Å². The first-order chi connectivity index (χ1) is 12.3. The Balaban J connectivity index is 1.77. The van der Waals surface area contributed by atoms with Crippen LogP contribution in [0, 0.1) is 19.1 Å². The first-order valence-electron chi connectivity index (χ1n) is 8.22. The molecule has 0 spiro atoms. The normalized spacial score (nSPS) is 16.5. The monoisotopic (exact) mass is 380 g/mol. The molecule has 26 heavy (non-hydrogen) atoms. The molecular formula is C16H20N4O5S. The Labute approximate surface area is 151 Å². The highest BCUT2D eigenvalue weighted by Gasteiger charge is 2.33. The van der Waals surface area contributed by atoms with Gasteiger partial charge in [0.05, 0.1) is 0 Å². The van der Waals surface area contributed by atoms with E-state index >= 15 is 0 Å². The Bertz CT molecular complexity index is 905. The lowest BCUT2D eigenvalue weighted by atomic mass is 10.2. The van der Waals surface area contributed by atoms with Crippen LogP contribution in [0.2, 0.25) is 0 Å². The summed E-state index contributed by atoms with van der Waals surface area (Å²) in [7, 11) is -3.74. The van der Waals surface area contributed by atoms with Crippen LogP contribution in [0.3, 0.4) is 0 Å². The first kappa shape index (κ1) is 18.3. The minimum atomic E-state index is -3.74. The maximum Gasteiger partial charge on any atom is 0.260 e. The van der Waals surface area contributed by atoms with E-state index in [9.17, 15) is 18.4 Å². The summed E-state index contributed by atoms with van der Waals surface area (Å²) in [4.78, 5) is 14.2. The van der Waals surface area contributed by atoms with Gasteiger partial charge in [0, 0.05) is 32.2 Å². The van der Waals surface area contributed by atoms with Gasteiger partial charge in [0.2, 0.25) is 10.0 Å². The number of carbonyl (C=O) groups is 1. The molecule has 1 amide bonds. The van der Waals surface area contributed by atoms with Crippen LogP contribution in [-0.4, -0.2) is 54.9 Å². The van der Waals surface area contributed by atoms with Crippen molar-refractivity contribution in [2.75, 3.05) is 26.2 Å². The minimum Gasteiger partial charge on any atom is -0.619 e. The van der Waals surface area contributed by atoms with Crippen LogP contribution >= 0.6 is 0 Å². The van der Waals surface area contributed by atoms with E-state index in [0.717, 1.165) is 0 Å². The maximum absolute atomic E-state index is 12.9. The molecule has 2 aromatic heterocycles. The second-order valence-electron chi connectivity index (χ2n) is 6.16. The maximum atomic E-state index is 12.9. The molecule has 0 unspecified atom stereocenters. The van der Waals surface area contributed by atoms with Crippen molar-refractivity contribution in [1.29, 1.82) is 0 Å². The second-order valence-corrected chi connectivity index (χ2v) is 8.03. The van der Waals surface area contributed by atoms with Crippen molar-refractivity contribution < 1.29 is 22.5 Å². The van der Waals surface area contributed by atoms with Crippen molar-refractivity contribution in [2.24, 2.45) is 0 Å². The Morgan fingerprint density at radius 2 is 2.04 bits per heavy atom. The number of carbonyl (C=O) groups excluding carboxylic acids is 1. The van der Waals surface area contributed by atoms with Gasteiger partial charge in [-0.15, -0.1) is 0 Å². The Morgan fingerprint density at radius 3 is 2.69 bits per heavy atom. The minimum absolute atomic E-state index is 0.0905. The number of sulfonamides is 1. The summed E-state index contributed by atoms with van der Waals surface area (Å²) in [5, 5.41) is 15.1. The van der Waals surface area contributed by atoms with Gasteiger partial charge in [-0.1, -0.05) is 5.16 Å². The molecule has 140 valence electrons. The number of aromatic nitrogens is 2. The highest BCUT2D eigenvalue weighted by molar-refractivity contribution is 7.89. The molecule has 0 aliphatic carbocycles. The predicted octanol–water partition coefficient (Wildman–Crippen LogP) is 0.462. The molecule has 1 saturated heterocycles. The van der Waals surface area contributed by atoms with Crippen LogP contribution in [0.1, 0.15) is 28.2 Å². The third-order valence-electron chi connectivity index (χ3n) is 4.33. The van der Waals surface area contributed by atoms with Crippen LogP contribution in [-0.2, 0) is 10.0 Å². The van der Waals surface area contributed by atoms with E-state index in [-0.39, 0.29) is 35.2 Å². The van der Waals surface area contributed by atoms with Crippen molar-refractivity contribution in [3.8, 4) is 0 Å². The molecule has 3 heterocycles. The average Bonchev–Trinajstić information content (AvgIpc) is 2.81. The van der Waals surface area contributed by atoms with Crippen LogP contribution in [0.25, 0.3) is 0 Å². The number of hydrogen-bond donors (Lipinski definition) is 0. The average molecular weight is 380 g/mol. The molecule has 0 N–H and O–H groups in total. The van der Waals surface area contributed by atoms with Crippen LogP contribution < -0.4 is 4.73 Å². The highest BCUT2D eigenvalue weighted by atomic mass is 32.2. The van der Waals surface area contributed by atoms with E-state index in [0.29, 0.717) is 29.9 Å². The summed E-state index contributed by atoms with van der Waals surface area (Å²) in [6.45, 7) is 4.28. The zero-order valence-corrected chi connectivity index (χ0v) is 15.4. The summed E-state index contributed by atoms with van der Waals surface area (Å²) in [6.07, 6.45) is 3.02. The van der Waals surface area contributed by atoms with Crippen molar-refractivity contribution in [2.45, 2.75) is 25.2 Å². The molecular weight excluding hydrogens is 360 g/mol. The van der Waals surface area contributed by atoms with Gasteiger partial charge in [-0.2, -0.15) is 9.04 Å². The molecule has 0 bridgehead atoms. The zero-order chi connectivity index (χ0) is 18.9. The summed E-state index contributed by atoms with van der Waals surface area (Å²) in [5.74, 6) is -0.0317. The van der Waals surface area contributed by atoms with Gasteiger partial charge < -0.3 is 14.6 Å². The molecule has 10 heteroatoms. The summed E-state index contributed by atoms with van der Waals surface area (Å²) >= 11 is 0. The standard InChI is InChI=1S/C16H20N4O5S/c1-12-15(13(2)25-17-12)26(23,24)20-8-4-6-18(9-10-20)16(21)14-5-3-7-19(22)11-14/h3,5,7,11H,4,6,8-10H2,1-2H3. The molecule has 0 atom stereocenters.